The van der Waals surface area contributed by atoms with Crippen LogP contribution in [-0.2, 0) is 32.7 Å². The average Bonchev–Trinajstić information content (AvgIpc) is 3.20. The number of ether oxygens (including phenoxy) is 2. The first kappa shape index (κ1) is 55.2. The largest absolute Gasteiger partial charge is 0.472 e. The monoisotopic (exact) mass is 829 g/mol. The fourth-order valence-corrected chi connectivity index (χ4v) is 7.03. The van der Waals surface area contributed by atoms with Crippen molar-refractivity contribution in [1.29, 1.82) is 0 Å². The number of phosphoric acid groups is 1. The van der Waals surface area contributed by atoms with Crippen LogP contribution in [0.25, 0.3) is 0 Å². The van der Waals surface area contributed by atoms with Crippen LogP contribution >= 0.6 is 7.82 Å². The van der Waals surface area contributed by atoms with Gasteiger partial charge in [-0.1, -0.05) is 166 Å². The van der Waals surface area contributed by atoms with Crippen LogP contribution in [0.1, 0.15) is 206 Å². The first-order chi connectivity index (χ1) is 27.8. The van der Waals surface area contributed by atoms with Crippen molar-refractivity contribution < 1.29 is 47.8 Å². The summed E-state index contributed by atoms with van der Waals surface area (Å²) in [5.41, 5.74) is 0. The highest BCUT2D eigenvalue weighted by molar-refractivity contribution is 7.47. The van der Waals surface area contributed by atoms with Crippen LogP contribution in [0.5, 0.6) is 0 Å². The number of aliphatic hydroxyl groups excluding tert-OH is 2. The van der Waals surface area contributed by atoms with Gasteiger partial charge >= 0.3 is 19.8 Å². The molecule has 0 aliphatic carbocycles. The molecule has 3 atom stereocenters. The third-order valence-corrected chi connectivity index (χ3v) is 10.8. The van der Waals surface area contributed by atoms with E-state index in [1.807, 2.05) is 0 Å². The Morgan fingerprint density at radius 2 is 0.789 bits per heavy atom. The van der Waals surface area contributed by atoms with E-state index in [0.717, 1.165) is 64.2 Å². The molecule has 3 N–H and O–H groups in total. The molecule has 10 nitrogen and oxygen atoms in total. The molecule has 0 heterocycles. The third-order valence-electron chi connectivity index (χ3n) is 9.82. The van der Waals surface area contributed by atoms with Crippen LogP contribution in [0.3, 0.4) is 0 Å². The van der Waals surface area contributed by atoms with E-state index in [4.69, 9.17) is 18.5 Å². The maximum Gasteiger partial charge on any atom is 0.472 e. The minimum absolute atomic E-state index is 0.182. The molecule has 0 amide bonds. The van der Waals surface area contributed by atoms with Gasteiger partial charge in [-0.25, -0.2) is 4.57 Å². The predicted molar refractivity (Wildman–Crippen MR) is 233 cm³/mol. The Kier molecular flexibility index (Phi) is 41.0. The fraction of sp³-hybridized carbons (Fsp3) is 0.826. The molecule has 0 rings (SSSR count). The molecule has 334 valence electrons. The smallest absolute Gasteiger partial charge is 0.457 e. The second kappa shape index (κ2) is 42.3. The quantitative estimate of drug-likeness (QED) is 0.0235. The lowest BCUT2D eigenvalue weighted by Crippen LogP contribution is -2.28. The molecule has 0 aliphatic rings. The lowest BCUT2D eigenvalue weighted by molar-refractivity contribution is -0.153. The molecule has 0 radical (unpaired) electrons. The molecule has 3 unspecified atom stereocenters. The fourth-order valence-electron chi connectivity index (χ4n) is 6.24. The lowest BCUT2D eigenvalue weighted by atomic mass is 10.0. The Hall–Kier alpha value is -1.81. The molecule has 0 aromatic rings. The topological polar surface area (TPSA) is 149 Å². The highest BCUT2D eigenvalue weighted by Crippen LogP contribution is 2.43. The predicted octanol–water partition coefficient (Wildman–Crippen LogP) is 12.3. The Morgan fingerprint density at radius 1 is 0.474 bits per heavy atom. The van der Waals surface area contributed by atoms with E-state index in [-0.39, 0.29) is 12.8 Å². The molecule has 0 saturated heterocycles. The van der Waals surface area contributed by atoms with Gasteiger partial charge in [0, 0.05) is 12.8 Å². The maximum absolute atomic E-state index is 12.4. The van der Waals surface area contributed by atoms with Crippen molar-refractivity contribution in [2.24, 2.45) is 0 Å². The zero-order valence-corrected chi connectivity index (χ0v) is 37.2. The van der Waals surface area contributed by atoms with Crippen molar-refractivity contribution in [1.82, 2.24) is 0 Å². The number of esters is 2. The zero-order chi connectivity index (χ0) is 41.9. The molecule has 0 bridgehead atoms. The van der Waals surface area contributed by atoms with Gasteiger partial charge in [-0.15, -0.1) is 0 Å². The van der Waals surface area contributed by atoms with Crippen LogP contribution in [-0.4, -0.2) is 65.7 Å². The number of hydrogen-bond donors (Lipinski definition) is 3. The Balaban J connectivity index is 3.84. The van der Waals surface area contributed by atoms with Crippen molar-refractivity contribution in [2.75, 3.05) is 26.4 Å². The summed E-state index contributed by atoms with van der Waals surface area (Å²) in [5.74, 6) is -1.03. The summed E-state index contributed by atoms with van der Waals surface area (Å²) in [5, 5.41) is 19.2. The number of carbonyl (C=O) groups is 2. The molecule has 0 aromatic carbocycles. The summed E-state index contributed by atoms with van der Waals surface area (Å²) in [7, 11) is -4.64. The molecule has 0 saturated carbocycles. The van der Waals surface area contributed by atoms with Crippen molar-refractivity contribution in [3.8, 4) is 0 Å². The SMILES string of the molecule is CCCC/C=C\CCCCCCCC(=O)OC(CO)COP(=O)(O)OCC(CO)OC(=O)CCCCCCCCCCCCC/C=C\C/C=C\CCCCCCC. The van der Waals surface area contributed by atoms with Crippen molar-refractivity contribution in [2.45, 2.75) is 219 Å². The van der Waals surface area contributed by atoms with E-state index in [9.17, 15) is 29.3 Å². The number of allylic oxidation sites excluding steroid dienone is 6. The van der Waals surface area contributed by atoms with Gasteiger partial charge in [-0.3, -0.25) is 18.6 Å². The van der Waals surface area contributed by atoms with Crippen molar-refractivity contribution in [3.63, 3.8) is 0 Å². The summed E-state index contributed by atoms with van der Waals surface area (Å²) in [6, 6.07) is 0. The summed E-state index contributed by atoms with van der Waals surface area (Å²) in [6.07, 6.45) is 44.1. The summed E-state index contributed by atoms with van der Waals surface area (Å²) in [6.45, 7) is 2.15. The average molecular weight is 829 g/mol. The molecular formula is C46H85O10P. The molecule has 11 heteroatoms. The highest BCUT2D eigenvalue weighted by Gasteiger charge is 2.27. The number of phosphoric ester groups is 1. The van der Waals surface area contributed by atoms with E-state index < -0.39 is 58.4 Å². The first-order valence-electron chi connectivity index (χ1n) is 22.9. The third kappa shape index (κ3) is 40.7. The standard InChI is InChI=1S/C46H85O10P/c1-3-5-7-9-11-13-15-16-17-18-19-20-21-22-23-24-25-26-28-30-32-34-36-38-46(50)56-44(40-48)42-54-57(51,52)53-41-43(39-47)55-45(49)37-35-33-31-29-27-14-12-10-8-6-4-2/h10,12,15-16,18-19,43-44,47-48H,3-9,11,13-14,17,20-42H2,1-2H3,(H,51,52)/b12-10-,16-15-,19-18-. The normalized spacial score (nSPS) is 14.1. The second-order valence-electron chi connectivity index (χ2n) is 15.4. The minimum Gasteiger partial charge on any atom is -0.457 e. The van der Waals surface area contributed by atoms with Gasteiger partial charge in [-0.2, -0.15) is 0 Å². The van der Waals surface area contributed by atoms with Crippen LogP contribution in [0.4, 0.5) is 0 Å². The Bertz CT molecular complexity index is 1050. The van der Waals surface area contributed by atoms with Gasteiger partial charge in [0.05, 0.1) is 26.4 Å². The first-order valence-corrected chi connectivity index (χ1v) is 24.4. The second-order valence-corrected chi connectivity index (χ2v) is 16.8. The van der Waals surface area contributed by atoms with E-state index in [1.54, 1.807) is 0 Å². The molecule has 57 heavy (non-hydrogen) atoms. The van der Waals surface area contributed by atoms with Crippen LogP contribution in [0.15, 0.2) is 36.5 Å². The number of hydrogen-bond acceptors (Lipinski definition) is 9. The van der Waals surface area contributed by atoms with E-state index >= 15 is 0 Å². The summed E-state index contributed by atoms with van der Waals surface area (Å²) in [4.78, 5) is 34.5. The van der Waals surface area contributed by atoms with Gasteiger partial charge in [0.1, 0.15) is 12.2 Å². The summed E-state index contributed by atoms with van der Waals surface area (Å²) >= 11 is 0. The van der Waals surface area contributed by atoms with Crippen LogP contribution < -0.4 is 0 Å². The zero-order valence-electron chi connectivity index (χ0n) is 36.3. The molecule has 0 aliphatic heterocycles. The Morgan fingerprint density at radius 3 is 1.16 bits per heavy atom. The van der Waals surface area contributed by atoms with Crippen molar-refractivity contribution >= 4 is 19.8 Å². The van der Waals surface area contributed by atoms with Crippen LogP contribution in [0.2, 0.25) is 0 Å². The number of unbranched alkanes of at least 4 members (excludes halogenated alkanes) is 23. The minimum atomic E-state index is -4.64. The molecule has 0 fully saturated rings. The molecular weight excluding hydrogens is 743 g/mol. The highest BCUT2D eigenvalue weighted by atomic mass is 31.2. The number of rotatable bonds is 43. The Labute approximate surface area is 348 Å². The van der Waals surface area contributed by atoms with Gasteiger partial charge in [0.2, 0.25) is 0 Å². The summed E-state index contributed by atoms with van der Waals surface area (Å²) < 4.78 is 32.6. The van der Waals surface area contributed by atoms with Gasteiger partial charge < -0.3 is 24.6 Å². The van der Waals surface area contributed by atoms with Gasteiger partial charge in [0.25, 0.3) is 0 Å². The van der Waals surface area contributed by atoms with Crippen molar-refractivity contribution in [3.05, 3.63) is 36.5 Å². The maximum atomic E-state index is 12.4. The number of aliphatic hydroxyl groups is 2. The van der Waals surface area contributed by atoms with E-state index in [0.29, 0.717) is 12.8 Å². The van der Waals surface area contributed by atoms with Gasteiger partial charge in [0.15, 0.2) is 0 Å². The van der Waals surface area contributed by atoms with E-state index in [2.05, 4.69) is 50.3 Å². The van der Waals surface area contributed by atoms with Gasteiger partial charge in [-0.05, 0) is 64.2 Å². The van der Waals surface area contributed by atoms with Crippen LogP contribution in [0, 0.1) is 0 Å². The number of carbonyl (C=O) groups excluding carboxylic acids is 2. The molecule has 0 spiro atoms. The van der Waals surface area contributed by atoms with E-state index in [1.165, 1.54) is 103 Å². The molecule has 0 aromatic heterocycles. The lowest BCUT2D eigenvalue weighted by Gasteiger charge is -2.20.